The lowest BCUT2D eigenvalue weighted by Crippen LogP contribution is -2.06. The molecule has 0 unspecified atom stereocenters. The first-order chi connectivity index (χ1) is 17.7. The smallest absolute Gasteiger partial charge is 0.258 e. The van der Waals surface area contributed by atoms with Crippen LogP contribution in [0.3, 0.4) is 0 Å². The van der Waals surface area contributed by atoms with Crippen LogP contribution in [-0.2, 0) is 0 Å². The zero-order chi connectivity index (χ0) is 28.1. The molecule has 0 aliphatic rings. The summed E-state index contributed by atoms with van der Waals surface area (Å²) in [6.07, 6.45) is 6.81. The molecule has 0 aliphatic carbocycles. The molecule has 8 heteroatoms. The molecule has 0 fully saturated rings. The third-order valence-electron chi connectivity index (χ3n) is 5.09. The molecule has 38 heavy (non-hydrogen) atoms. The first-order valence-corrected chi connectivity index (χ1v) is 13.7. The van der Waals surface area contributed by atoms with Crippen molar-refractivity contribution in [1.29, 1.82) is 0 Å². The van der Waals surface area contributed by atoms with Crippen molar-refractivity contribution >= 4 is 59.2 Å². The minimum Gasteiger partial charge on any atom is -0.258 e. The summed E-state index contributed by atoms with van der Waals surface area (Å²) in [6, 6.07) is 18.4. The fourth-order valence-corrected chi connectivity index (χ4v) is 5.53. The maximum atomic E-state index is 11.7. The quantitative estimate of drug-likeness (QED) is 0.121. The van der Waals surface area contributed by atoms with Crippen molar-refractivity contribution < 1.29 is 9.85 Å². The highest BCUT2D eigenvalue weighted by Gasteiger charge is 2.22. The third kappa shape index (κ3) is 8.89. The van der Waals surface area contributed by atoms with Gasteiger partial charge in [0.2, 0.25) is 0 Å². The van der Waals surface area contributed by atoms with E-state index in [1.165, 1.54) is 6.07 Å². The first-order valence-electron chi connectivity index (χ1n) is 12.1. The molecule has 0 saturated carbocycles. The molecule has 3 rings (SSSR count). The van der Waals surface area contributed by atoms with Crippen molar-refractivity contribution in [3.05, 3.63) is 103 Å². The van der Waals surface area contributed by atoms with Crippen molar-refractivity contribution in [3.63, 3.8) is 0 Å². The van der Waals surface area contributed by atoms with Crippen molar-refractivity contribution in [2.75, 3.05) is 0 Å². The van der Waals surface area contributed by atoms with Crippen molar-refractivity contribution in [2.24, 2.45) is 0 Å². The van der Waals surface area contributed by atoms with E-state index in [0.717, 1.165) is 27.0 Å². The summed E-state index contributed by atoms with van der Waals surface area (Å²) in [4.78, 5) is 24.6. The second kappa shape index (κ2) is 12.0. The second-order valence-corrected chi connectivity index (χ2v) is 14.5. The number of thioether (sulfide) groups is 2. The van der Waals surface area contributed by atoms with Gasteiger partial charge >= 0.3 is 0 Å². The van der Waals surface area contributed by atoms with Gasteiger partial charge in [0.1, 0.15) is 0 Å². The predicted molar refractivity (Wildman–Crippen MR) is 162 cm³/mol. The molecule has 0 heterocycles. The Kier molecular flexibility index (Phi) is 9.22. The molecular formula is C30H32N2O4S2. The van der Waals surface area contributed by atoms with Crippen LogP contribution in [0.25, 0.3) is 24.3 Å². The van der Waals surface area contributed by atoms with Gasteiger partial charge in [-0.05, 0) is 53.6 Å². The van der Waals surface area contributed by atoms with Gasteiger partial charge in [0.05, 0.1) is 27.0 Å². The Morgan fingerprint density at radius 3 is 1.21 bits per heavy atom. The van der Waals surface area contributed by atoms with E-state index in [2.05, 4.69) is 41.5 Å². The highest BCUT2D eigenvalue weighted by molar-refractivity contribution is 8.00. The summed E-state index contributed by atoms with van der Waals surface area (Å²) in [5.74, 6) is 0. The van der Waals surface area contributed by atoms with Gasteiger partial charge in [-0.25, -0.2) is 0 Å². The molecule has 6 nitrogen and oxygen atoms in total. The largest absolute Gasteiger partial charge is 0.283 e. The minimum absolute atomic E-state index is 0.0913. The Balaban J connectivity index is 1.92. The van der Waals surface area contributed by atoms with E-state index in [-0.39, 0.29) is 20.9 Å². The zero-order valence-electron chi connectivity index (χ0n) is 22.4. The summed E-state index contributed by atoms with van der Waals surface area (Å²) < 4.78 is 0.183. The lowest BCUT2D eigenvalue weighted by Gasteiger charge is -2.17. The van der Waals surface area contributed by atoms with Gasteiger partial charge in [-0.1, -0.05) is 78.0 Å². The molecule has 0 N–H and O–H groups in total. The van der Waals surface area contributed by atoms with E-state index in [4.69, 9.17) is 0 Å². The standard InChI is InChI=1S/C30H32N2O4S2/c1-29(2,3)37-25-15-9-21(10-16-25)7-13-23-19-24(28(32(35)36)20-27(23)31(33)34)14-8-22-11-17-26(18-12-22)38-30(4,5)6/h7-20H,1-6H3/b13-7+,14-8+. The molecule has 0 amide bonds. The van der Waals surface area contributed by atoms with E-state index < -0.39 is 9.85 Å². The third-order valence-corrected chi connectivity index (χ3v) is 7.33. The normalized spacial score (nSPS) is 12.4. The van der Waals surface area contributed by atoms with Crippen LogP contribution in [0, 0.1) is 20.2 Å². The molecule has 0 atom stereocenters. The highest BCUT2D eigenvalue weighted by atomic mass is 32.2. The highest BCUT2D eigenvalue weighted by Crippen LogP contribution is 2.34. The molecule has 3 aromatic carbocycles. The molecule has 0 saturated heterocycles. The van der Waals surface area contributed by atoms with E-state index >= 15 is 0 Å². The molecule has 0 bridgehead atoms. The van der Waals surface area contributed by atoms with Crippen LogP contribution < -0.4 is 0 Å². The van der Waals surface area contributed by atoms with Crippen LogP contribution in [0.15, 0.2) is 70.5 Å². The van der Waals surface area contributed by atoms with Gasteiger partial charge in [0, 0.05) is 19.3 Å². The molecule has 3 aromatic rings. The van der Waals surface area contributed by atoms with Gasteiger partial charge in [-0.3, -0.25) is 20.2 Å². The Hall–Kier alpha value is -3.36. The summed E-state index contributed by atoms with van der Waals surface area (Å²) >= 11 is 3.51. The van der Waals surface area contributed by atoms with Gasteiger partial charge in [-0.2, -0.15) is 0 Å². The maximum Gasteiger partial charge on any atom is 0.283 e. The SMILES string of the molecule is CC(C)(C)Sc1ccc(/C=C/c2cc(/C=C/c3ccc(SC(C)(C)C)cc3)c([N+](=O)[O-])cc2[N+](=O)[O-])cc1. The number of hydrogen-bond donors (Lipinski definition) is 0. The molecule has 0 aromatic heterocycles. The van der Waals surface area contributed by atoms with Crippen LogP contribution in [-0.4, -0.2) is 19.3 Å². The van der Waals surface area contributed by atoms with E-state index in [9.17, 15) is 20.2 Å². The number of rotatable bonds is 8. The fraction of sp³-hybridized carbons (Fsp3) is 0.267. The van der Waals surface area contributed by atoms with Gasteiger partial charge in [0.15, 0.2) is 0 Å². The van der Waals surface area contributed by atoms with Gasteiger partial charge < -0.3 is 0 Å². The molecule has 0 radical (unpaired) electrons. The second-order valence-electron chi connectivity index (χ2n) is 10.7. The van der Waals surface area contributed by atoms with Crippen LogP contribution in [0.4, 0.5) is 11.4 Å². The van der Waals surface area contributed by atoms with Gasteiger partial charge in [0.25, 0.3) is 11.4 Å². The average Bonchev–Trinajstić information content (AvgIpc) is 2.80. The summed E-state index contributed by atoms with van der Waals surface area (Å²) in [7, 11) is 0. The Morgan fingerprint density at radius 1 is 0.579 bits per heavy atom. The van der Waals surface area contributed by atoms with Crippen molar-refractivity contribution in [3.8, 4) is 0 Å². The fourth-order valence-electron chi connectivity index (χ4n) is 3.57. The van der Waals surface area contributed by atoms with Crippen molar-refractivity contribution in [2.45, 2.75) is 60.8 Å². The predicted octanol–water partition coefficient (Wildman–Crippen LogP) is 9.62. The summed E-state index contributed by atoms with van der Waals surface area (Å²) in [6.45, 7) is 12.9. The Bertz CT molecular complexity index is 1260. The summed E-state index contributed by atoms with van der Waals surface area (Å²) in [5, 5.41) is 23.5. The van der Waals surface area contributed by atoms with E-state index in [1.54, 1.807) is 47.8 Å². The molecule has 0 spiro atoms. The maximum absolute atomic E-state index is 11.7. The number of nitro groups is 2. The number of nitro benzene ring substituents is 2. The number of benzene rings is 3. The number of hydrogen-bond acceptors (Lipinski definition) is 6. The monoisotopic (exact) mass is 548 g/mol. The van der Waals surface area contributed by atoms with Crippen LogP contribution in [0.1, 0.15) is 63.8 Å². The van der Waals surface area contributed by atoms with Crippen LogP contribution >= 0.6 is 23.5 Å². The molecular weight excluding hydrogens is 516 g/mol. The van der Waals surface area contributed by atoms with Crippen LogP contribution in [0.2, 0.25) is 0 Å². The van der Waals surface area contributed by atoms with Gasteiger partial charge in [-0.15, -0.1) is 23.5 Å². The zero-order valence-corrected chi connectivity index (χ0v) is 24.1. The number of nitrogens with zero attached hydrogens (tertiary/aromatic N) is 2. The minimum atomic E-state index is -0.588. The first kappa shape index (κ1) is 29.2. The summed E-state index contributed by atoms with van der Waals surface area (Å²) in [5.41, 5.74) is 1.72. The Labute approximate surface area is 232 Å². The van der Waals surface area contributed by atoms with E-state index in [1.807, 2.05) is 48.5 Å². The topological polar surface area (TPSA) is 86.3 Å². The van der Waals surface area contributed by atoms with Crippen molar-refractivity contribution in [1.82, 2.24) is 0 Å². The lowest BCUT2D eigenvalue weighted by atomic mass is 10.0. The molecule has 0 aliphatic heterocycles. The lowest BCUT2D eigenvalue weighted by molar-refractivity contribution is -0.394. The Morgan fingerprint density at radius 2 is 0.921 bits per heavy atom. The molecule has 198 valence electrons. The van der Waals surface area contributed by atoms with E-state index in [0.29, 0.717) is 11.1 Å². The average molecular weight is 549 g/mol. The van der Waals surface area contributed by atoms with Crippen LogP contribution in [0.5, 0.6) is 0 Å².